The Kier molecular flexibility index (Phi) is 6.52. The van der Waals surface area contributed by atoms with Crippen LogP contribution in [0.25, 0.3) is 16.7 Å². The van der Waals surface area contributed by atoms with Crippen LogP contribution in [0.2, 0.25) is 0 Å². The molecule has 2 atom stereocenters. The van der Waals surface area contributed by atoms with Crippen LogP contribution in [0.4, 0.5) is 27.8 Å². The van der Waals surface area contributed by atoms with Crippen LogP contribution in [0.5, 0.6) is 0 Å². The minimum atomic E-state index is -4.77. The lowest BCUT2D eigenvalue weighted by Crippen LogP contribution is -2.46. The van der Waals surface area contributed by atoms with Crippen molar-refractivity contribution in [2.24, 2.45) is 0 Å². The number of carbonyl (C=O) groups excluding carboxylic acids is 2. The first kappa shape index (κ1) is 26.2. The molecule has 4 rings (SSSR count). The van der Waals surface area contributed by atoms with Crippen molar-refractivity contribution in [1.29, 1.82) is 0 Å². The SMILES string of the molecule is CC[C@@H](NC(=O)c1cn(-c2ccc(F)cc2F)c2nc(N3CCC(C)(O)C3=O)ccc2c1=O)C(F)(F)F. The van der Waals surface area contributed by atoms with Gasteiger partial charge in [-0.1, -0.05) is 6.92 Å². The normalized spacial score (nSPS) is 18.9. The van der Waals surface area contributed by atoms with Crippen molar-refractivity contribution in [3.8, 4) is 5.69 Å². The molecule has 37 heavy (non-hydrogen) atoms. The second-order valence-corrected chi connectivity index (χ2v) is 8.83. The van der Waals surface area contributed by atoms with Gasteiger partial charge in [0.15, 0.2) is 5.65 Å². The van der Waals surface area contributed by atoms with Gasteiger partial charge in [-0.3, -0.25) is 23.9 Å². The largest absolute Gasteiger partial charge is 0.408 e. The molecule has 3 heterocycles. The number of fused-ring (bicyclic) bond motifs is 1. The van der Waals surface area contributed by atoms with Crippen molar-refractivity contribution in [1.82, 2.24) is 14.9 Å². The summed E-state index contributed by atoms with van der Waals surface area (Å²) in [6, 6.07) is 2.67. The molecule has 1 aliphatic heterocycles. The molecule has 1 fully saturated rings. The third-order valence-electron chi connectivity index (χ3n) is 6.16. The van der Waals surface area contributed by atoms with Crippen molar-refractivity contribution in [3.63, 3.8) is 0 Å². The number of anilines is 1. The molecular formula is C24H21F5N4O4. The van der Waals surface area contributed by atoms with Crippen LogP contribution in [0.1, 0.15) is 37.0 Å². The van der Waals surface area contributed by atoms with Crippen LogP contribution in [0.3, 0.4) is 0 Å². The zero-order valence-corrected chi connectivity index (χ0v) is 19.6. The summed E-state index contributed by atoms with van der Waals surface area (Å²) in [5.74, 6) is -4.02. The van der Waals surface area contributed by atoms with Crippen LogP contribution in [0, 0.1) is 11.6 Å². The zero-order valence-electron chi connectivity index (χ0n) is 19.6. The van der Waals surface area contributed by atoms with E-state index in [9.17, 15) is 41.4 Å². The van der Waals surface area contributed by atoms with Crippen LogP contribution >= 0.6 is 0 Å². The number of hydrogen-bond donors (Lipinski definition) is 2. The monoisotopic (exact) mass is 524 g/mol. The Hall–Kier alpha value is -3.87. The van der Waals surface area contributed by atoms with E-state index in [0.29, 0.717) is 6.07 Å². The summed E-state index contributed by atoms with van der Waals surface area (Å²) in [7, 11) is 0. The Morgan fingerprint density at radius 2 is 1.92 bits per heavy atom. The van der Waals surface area contributed by atoms with Crippen LogP contribution in [-0.4, -0.2) is 50.8 Å². The molecular weight excluding hydrogens is 503 g/mol. The highest BCUT2D eigenvalue weighted by atomic mass is 19.4. The summed E-state index contributed by atoms with van der Waals surface area (Å²) in [4.78, 5) is 43.9. The lowest BCUT2D eigenvalue weighted by atomic mass is 10.1. The van der Waals surface area contributed by atoms with E-state index < -0.39 is 58.7 Å². The molecule has 3 aromatic rings. The molecule has 2 amide bonds. The molecule has 1 saturated heterocycles. The number of amides is 2. The summed E-state index contributed by atoms with van der Waals surface area (Å²) >= 11 is 0. The first-order valence-electron chi connectivity index (χ1n) is 11.2. The van der Waals surface area contributed by atoms with E-state index in [1.165, 1.54) is 26.0 Å². The molecule has 0 aliphatic carbocycles. The number of nitrogens with one attached hydrogen (secondary N) is 1. The lowest BCUT2D eigenvalue weighted by Gasteiger charge is -2.21. The smallest absolute Gasteiger partial charge is 0.380 e. The Morgan fingerprint density at radius 1 is 1.22 bits per heavy atom. The van der Waals surface area contributed by atoms with E-state index in [1.54, 1.807) is 5.32 Å². The van der Waals surface area contributed by atoms with Gasteiger partial charge in [-0.15, -0.1) is 0 Å². The van der Waals surface area contributed by atoms with Crippen molar-refractivity contribution in [3.05, 3.63) is 63.9 Å². The Balaban J connectivity index is 1.93. The molecule has 2 aromatic heterocycles. The number of aliphatic hydroxyl groups is 1. The van der Waals surface area contributed by atoms with Gasteiger partial charge in [-0.05, 0) is 37.6 Å². The van der Waals surface area contributed by atoms with E-state index in [2.05, 4.69) is 4.98 Å². The Bertz CT molecular complexity index is 1470. The maximum absolute atomic E-state index is 14.8. The highest BCUT2D eigenvalue weighted by Gasteiger charge is 2.42. The number of rotatable bonds is 5. The van der Waals surface area contributed by atoms with Crippen LogP contribution < -0.4 is 15.6 Å². The molecule has 8 nitrogen and oxygen atoms in total. The van der Waals surface area contributed by atoms with Crippen LogP contribution in [-0.2, 0) is 4.79 Å². The summed E-state index contributed by atoms with van der Waals surface area (Å²) in [6.07, 6.45) is -4.36. The first-order chi connectivity index (χ1) is 17.2. The van der Waals surface area contributed by atoms with E-state index >= 15 is 0 Å². The number of hydrogen-bond acceptors (Lipinski definition) is 5. The zero-order chi connectivity index (χ0) is 27.3. The number of nitrogens with zero attached hydrogens (tertiary/aromatic N) is 3. The number of alkyl halides is 3. The van der Waals surface area contributed by atoms with Gasteiger partial charge in [0.05, 0.1) is 11.1 Å². The molecule has 1 unspecified atom stereocenters. The highest BCUT2D eigenvalue weighted by Crippen LogP contribution is 2.29. The third kappa shape index (κ3) is 4.78. The lowest BCUT2D eigenvalue weighted by molar-refractivity contribution is -0.153. The van der Waals surface area contributed by atoms with E-state index in [4.69, 9.17) is 0 Å². The maximum atomic E-state index is 14.8. The van der Waals surface area contributed by atoms with Crippen LogP contribution in [0.15, 0.2) is 41.3 Å². The van der Waals surface area contributed by atoms with Crippen molar-refractivity contribution < 1.29 is 36.6 Å². The average molecular weight is 524 g/mol. The first-order valence-corrected chi connectivity index (χ1v) is 11.2. The molecule has 0 radical (unpaired) electrons. The molecule has 1 aromatic carbocycles. The molecule has 0 bridgehead atoms. The number of carbonyl (C=O) groups is 2. The van der Waals surface area contributed by atoms with Crippen molar-refractivity contribution in [2.45, 2.75) is 44.5 Å². The Morgan fingerprint density at radius 3 is 2.49 bits per heavy atom. The second-order valence-electron chi connectivity index (χ2n) is 8.83. The van der Waals surface area contributed by atoms with Gasteiger partial charge in [0.1, 0.15) is 34.7 Å². The van der Waals surface area contributed by atoms with E-state index in [-0.39, 0.29) is 35.5 Å². The summed E-state index contributed by atoms with van der Waals surface area (Å²) in [5.41, 5.74) is -3.95. The number of halogens is 5. The number of pyridine rings is 2. The molecule has 13 heteroatoms. The quantitative estimate of drug-likeness (QED) is 0.499. The predicted molar refractivity (Wildman–Crippen MR) is 122 cm³/mol. The molecule has 2 N–H and O–H groups in total. The highest BCUT2D eigenvalue weighted by molar-refractivity contribution is 6.02. The standard InChI is InChI=1S/C24H21F5N4O4/c1-3-17(24(27,28)29)30-21(35)14-11-33(16-6-4-12(25)10-15(16)26)20-13(19(14)34)5-7-18(31-20)32-9-8-23(2,37)22(32)36/h4-7,10-11,17,37H,3,8-9H2,1-2H3,(H,30,35)/t17-,23?/m1/s1. The third-order valence-corrected chi connectivity index (χ3v) is 6.16. The summed E-state index contributed by atoms with van der Waals surface area (Å²) < 4.78 is 68.9. The minimum Gasteiger partial charge on any atom is -0.380 e. The van der Waals surface area contributed by atoms with E-state index in [1.807, 2.05) is 0 Å². The molecule has 0 spiro atoms. The molecule has 1 aliphatic rings. The molecule has 0 saturated carbocycles. The summed E-state index contributed by atoms with van der Waals surface area (Å²) in [6.45, 7) is 2.62. The molecule has 196 valence electrons. The average Bonchev–Trinajstić information content (AvgIpc) is 3.09. The minimum absolute atomic E-state index is 0.00580. The van der Waals surface area contributed by atoms with Gasteiger partial charge in [0.25, 0.3) is 11.8 Å². The number of benzene rings is 1. The predicted octanol–water partition coefficient (Wildman–Crippen LogP) is 3.22. The van der Waals surface area contributed by atoms with Gasteiger partial charge >= 0.3 is 6.18 Å². The topological polar surface area (TPSA) is 105 Å². The van der Waals surface area contributed by atoms with Gasteiger partial charge in [0, 0.05) is 25.2 Å². The summed E-state index contributed by atoms with van der Waals surface area (Å²) in [5, 5.41) is 11.7. The fourth-order valence-corrected chi connectivity index (χ4v) is 4.06. The van der Waals surface area contributed by atoms with Gasteiger partial charge in [-0.2, -0.15) is 13.2 Å². The maximum Gasteiger partial charge on any atom is 0.408 e. The second kappa shape index (κ2) is 9.21. The van der Waals surface area contributed by atoms with Crippen molar-refractivity contribution >= 4 is 28.7 Å². The number of aromatic nitrogens is 2. The van der Waals surface area contributed by atoms with Gasteiger partial charge in [-0.25, -0.2) is 13.8 Å². The van der Waals surface area contributed by atoms with Gasteiger partial charge in [0.2, 0.25) is 5.43 Å². The van der Waals surface area contributed by atoms with Crippen molar-refractivity contribution in [2.75, 3.05) is 11.4 Å². The van der Waals surface area contributed by atoms with Gasteiger partial charge < -0.3 is 10.4 Å². The fraction of sp³-hybridized carbons (Fsp3) is 0.333. The fourth-order valence-electron chi connectivity index (χ4n) is 4.06. The Labute approximate surface area is 206 Å². The van der Waals surface area contributed by atoms with E-state index in [0.717, 1.165) is 27.8 Å².